The van der Waals surface area contributed by atoms with Gasteiger partial charge in [-0.1, -0.05) is 12.1 Å². The summed E-state index contributed by atoms with van der Waals surface area (Å²) in [6.45, 7) is 0.550. The number of nitrogens with zero attached hydrogens (tertiary/aromatic N) is 6. The van der Waals surface area contributed by atoms with E-state index in [1.54, 1.807) is 43.3 Å². The van der Waals surface area contributed by atoms with Crippen molar-refractivity contribution in [3.05, 3.63) is 138 Å². The molecule has 0 aliphatic carbocycles. The summed E-state index contributed by atoms with van der Waals surface area (Å²) in [6, 6.07) is 10.6. The van der Waals surface area contributed by atoms with E-state index in [0.717, 1.165) is 19.3 Å². The Morgan fingerprint density at radius 2 is 1.00 bits per heavy atom. The van der Waals surface area contributed by atoms with Crippen molar-refractivity contribution in [2.24, 2.45) is 27.1 Å². The molecule has 26 heteroatoms. The number of aldehydes is 1. The number of aliphatic carboxylic acids is 1. The van der Waals surface area contributed by atoms with Gasteiger partial charge in [0.1, 0.15) is 0 Å². The van der Waals surface area contributed by atoms with E-state index in [4.69, 9.17) is 5.11 Å². The number of anilines is 1. The first-order valence-corrected chi connectivity index (χ1v) is 24.1. The van der Waals surface area contributed by atoms with Crippen LogP contribution >= 0.6 is 0 Å². The minimum Gasteiger partial charge on any atom is -0.504 e. The second-order valence-corrected chi connectivity index (χ2v) is 18.0. The summed E-state index contributed by atoms with van der Waals surface area (Å²) >= 11 is 0. The number of aromatic nitrogens is 3. The van der Waals surface area contributed by atoms with Crippen LogP contribution in [0.2, 0.25) is 0 Å². The lowest BCUT2D eigenvalue weighted by molar-refractivity contribution is -0.138. The molecule has 0 spiro atoms. The Morgan fingerprint density at radius 3 is 1.38 bits per heavy atom. The lowest BCUT2D eigenvalue weighted by Gasteiger charge is -2.32. The van der Waals surface area contributed by atoms with Crippen molar-refractivity contribution in [2.75, 3.05) is 84.9 Å². The van der Waals surface area contributed by atoms with Gasteiger partial charge in [-0.3, -0.25) is 57.7 Å². The number of benzene rings is 1. The number of carboxylic acids is 1. The van der Waals surface area contributed by atoms with Gasteiger partial charge in [-0.05, 0) is 60.5 Å². The molecule has 3 aromatic heterocycles. The molecule has 1 aromatic carbocycles. The van der Waals surface area contributed by atoms with E-state index in [2.05, 4.69) is 26.6 Å². The number of aromatic hydroxyl groups is 3. The number of pyridine rings is 3. The number of carbonyl (C=O) groups excluding carboxylic acids is 6. The zero-order valence-electron chi connectivity index (χ0n) is 43.3. The largest absolute Gasteiger partial charge is 0.504 e. The summed E-state index contributed by atoms with van der Waals surface area (Å²) in [5.41, 5.74) is -2.35. The number of carbonyl (C=O) groups is 7. The standard InChI is InChI=1S/C51H65N11O15/c1-57(2)20-12-35(39(64)31-63)45(71)52-16-24-61(25-17-53-46(72)36-13-21-58(3)49(75)42(36)68)29-33(28-32-6-8-34(9-7-32)56-40(65)10-11-41(66)67)30-62(26-18-54-47(73)37-14-22-59(4)50(76)43(37)69)27-19-55-48(74)38-15-23-60(5)51(77)44(38)70/h6-9,12-15,20-23,31,33,64,68-70H,10-11,16-19,24-30H2,1-5H3,(H,52,71)(H,53,72)(H,54,73)(H,55,74)(H,56,65)(H,66,67)/b20-12-,39-35-. The van der Waals surface area contributed by atoms with Crippen LogP contribution in [-0.4, -0.2) is 175 Å². The van der Waals surface area contributed by atoms with Gasteiger partial charge in [0.25, 0.3) is 40.3 Å². The van der Waals surface area contributed by atoms with Crippen LogP contribution in [0.4, 0.5) is 5.69 Å². The number of carboxylic acid groups (broad SMARTS) is 1. The second-order valence-electron chi connectivity index (χ2n) is 18.0. The highest BCUT2D eigenvalue weighted by Crippen LogP contribution is 2.18. The molecule has 0 saturated heterocycles. The molecule has 0 radical (unpaired) electrons. The lowest BCUT2D eigenvalue weighted by atomic mass is 9.97. The van der Waals surface area contributed by atoms with Gasteiger partial charge in [-0.25, -0.2) is 0 Å². The Kier molecular flexibility index (Phi) is 22.9. The molecular weight excluding hydrogens is 1010 g/mol. The summed E-state index contributed by atoms with van der Waals surface area (Å²) in [7, 11) is 7.55. The fourth-order valence-electron chi connectivity index (χ4n) is 7.66. The van der Waals surface area contributed by atoms with Gasteiger partial charge in [0.2, 0.25) is 5.91 Å². The number of hydrogen-bond donors (Lipinski definition) is 10. The number of amides is 5. The monoisotopic (exact) mass is 1070 g/mol. The molecule has 26 nitrogen and oxygen atoms in total. The molecule has 5 amide bonds. The number of aliphatic hydroxyl groups is 1. The number of aryl methyl sites for hydroxylation is 3. The van der Waals surface area contributed by atoms with Crippen molar-refractivity contribution in [2.45, 2.75) is 19.3 Å². The minimum atomic E-state index is -1.14. The molecule has 4 rings (SSSR count). The minimum absolute atomic E-state index is 0.0527. The molecule has 77 heavy (non-hydrogen) atoms. The first-order chi connectivity index (χ1) is 36.5. The Bertz CT molecular complexity index is 2950. The number of rotatable bonds is 29. The summed E-state index contributed by atoms with van der Waals surface area (Å²) in [6.07, 6.45) is 6.48. The van der Waals surface area contributed by atoms with E-state index in [-0.39, 0.29) is 107 Å². The highest BCUT2D eigenvalue weighted by Gasteiger charge is 2.23. The molecule has 4 aromatic rings. The molecule has 3 heterocycles. The van der Waals surface area contributed by atoms with Crippen LogP contribution in [0.5, 0.6) is 17.2 Å². The highest BCUT2D eigenvalue weighted by atomic mass is 16.4. The van der Waals surface area contributed by atoms with Gasteiger partial charge >= 0.3 is 5.97 Å². The van der Waals surface area contributed by atoms with Crippen molar-refractivity contribution >= 4 is 47.5 Å². The third kappa shape index (κ3) is 18.4. The van der Waals surface area contributed by atoms with Crippen LogP contribution in [0.25, 0.3) is 0 Å². The van der Waals surface area contributed by atoms with Gasteiger partial charge in [0.05, 0.1) is 28.7 Å². The SMILES string of the molecule is CN(C)/C=C\C(C(=O)NCCN(CCNC(=O)c1ccn(C)c(=O)c1O)CC(Cc1ccc(NC(=O)CCC(=O)O)cc1)CN(CCNC(=O)c1ccn(C)c(=O)c1O)CCNC(=O)c1ccn(C)c(=O)c1O)=C(\O)C=O. The third-order valence-corrected chi connectivity index (χ3v) is 11.8. The van der Waals surface area contributed by atoms with Gasteiger partial charge in [-0.15, -0.1) is 0 Å². The van der Waals surface area contributed by atoms with E-state index >= 15 is 0 Å². The average Bonchev–Trinajstić information content (AvgIpc) is 3.38. The maximum absolute atomic E-state index is 13.4. The normalized spacial score (nSPS) is 11.9. The Hall–Kier alpha value is -9.04. The van der Waals surface area contributed by atoms with E-state index in [1.165, 1.54) is 70.2 Å². The molecule has 1 unspecified atom stereocenters. The molecular formula is C51H65N11O15. The first-order valence-electron chi connectivity index (χ1n) is 24.1. The van der Waals surface area contributed by atoms with Gasteiger partial charge < -0.3 is 70.7 Å². The van der Waals surface area contributed by atoms with E-state index in [1.807, 2.05) is 9.80 Å². The molecule has 1 atom stereocenters. The highest BCUT2D eigenvalue weighted by molar-refractivity contribution is 6.00. The molecule has 0 bridgehead atoms. The number of hydrogen-bond acceptors (Lipinski definition) is 17. The number of aliphatic hydroxyl groups excluding tert-OH is 1. The molecule has 0 saturated carbocycles. The zero-order valence-corrected chi connectivity index (χ0v) is 43.3. The molecule has 10 N–H and O–H groups in total. The predicted molar refractivity (Wildman–Crippen MR) is 281 cm³/mol. The number of nitrogens with one attached hydrogen (secondary N) is 5. The van der Waals surface area contributed by atoms with E-state index in [9.17, 15) is 68.4 Å². The average molecular weight is 1070 g/mol. The van der Waals surface area contributed by atoms with Gasteiger partial charge in [0.15, 0.2) is 29.3 Å². The van der Waals surface area contributed by atoms with Crippen LogP contribution in [0.1, 0.15) is 49.5 Å². The fraction of sp³-hybridized carbons (Fsp3) is 0.373. The summed E-state index contributed by atoms with van der Waals surface area (Å²) in [5, 5.41) is 64.2. The third-order valence-electron chi connectivity index (χ3n) is 11.8. The molecule has 414 valence electrons. The Morgan fingerprint density at radius 1 is 0.597 bits per heavy atom. The molecule has 0 fully saturated rings. The second kappa shape index (κ2) is 29.2. The van der Waals surface area contributed by atoms with Crippen LogP contribution in [0.15, 0.2) is 99.0 Å². The van der Waals surface area contributed by atoms with Crippen LogP contribution < -0.4 is 43.3 Å². The van der Waals surface area contributed by atoms with Crippen LogP contribution in [-0.2, 0) is 46.7 Å². The summed E-state index contributed by atoms with van der Waals surface area (Å²) in [5.74, 6) is -8.19. The quantitative estimate of drug-likeness (QED) is 0.0134. The maximum Gasteiger partial charge on any atom is 0.303 e. The van der Waals surface area contributed by atoms with Crippen LogP contribution in [0, 0.1) is 5.92 Å². The van der Waals surface area contributed by atoms with Crippen molar-refractivity contribution in [3.8, 4) is 17.2 Å². The predicted octanol–water partition coefficient (Wildman–Crippen LogP) is -1.04. The smallest absolute Gasteiger partial charge is 0.303 e. The van der Waals surface area contributed by atoms with Crippen molar-refractivity contribution < 1.29 is 59.1 Å². The summed E-state index contributed by atoms with van der Waals surface area (Å²) < 4.78 is 3.29. The molecule has 0 aliphatic rings. The van der Waals surface area contributed by atoms with Crippen LogP contribution in [0.3, 0.4) is 0 Å². The molecule has 0 aliphatic heterocycles. The van der Waals surface area contributed by atoms with Gasteiger partial charge in [-0.2, -0.15) is 0 Å². The van der Waals surface area contributed by atoms with Crippen molar-refractivity contribution in [1.29, 1.82) is 0 Å². The topological polar surface area (TPSA) is 357 Å². The lowest BCUT2D eigenvalue weighted by Crippen LogP contribution is -2.46. The van der Waals surface area contributed by atoms with Crippen molar-refractivity contribution in [3.63, 3.8) is 0 Å². The Labute approximate surface area is 441 Å². The van der Waals surface area contributed by atoms with Crippen molar-refractivity contribution in [1.82, 2.24) is 49.7 Å². The fourth-order valence-corrected chi connectivity index (χ4v) is 7.66. The van der Waals surface area contributed by atoms with E-state index < -0.39 is 81.1 Å². The summed E-state index contributed by atoms with van der Waals surface area (Å²) in [4.78, 5) is 131. The first kappa shape index (κ1) is 60.5. The van der Waals surface area contributed by atoms with E-state index in [0.29, 0.717) is 12.1 Å². The Balaban J connectivity index is 1.70. The maximum atomic E-state index is 13.4. The zero-order chi connectivity index (χ0) is 56.9. The number of allylic oxidation sites excluding steroid dienone is 1. The van der Waals surface area contributed by atoms with Gasteiger partial charge in [0, 0.05) is 131 Å².